The molecule has 0 unspecified atom stereocenters. The van der Waals surface area contributed by atoms with Crippen LogP contribution in [0.25, 0.3) is 0 Å². The van der Waals surface area contributed by atoms with E-state index in [-0.39, 0.29) is 11.3 Å². The van der Waals surface area contributed by atoms with Gasteiger partial charge in [0.2, 0.25) is 5.91 Å². The normalized spacial score (nSPS) is 12.8. The maximum Gasteiger partial charge on any atom is 0.224 e. The third-order valence-electron chi connectivity index (χ3n) is 3.26. The smallest absolute Gasteiger partial charge is 0.224 e. The number of methoxy groups -OCH3 is 1. The lowest BCUT2D eigenvalue weighted by Gasteiger charge is -2.25. The van der Waals surface area contributed by atoms with Crippen molar-refractivity contribution >= 4 is 5.91 Å². The van der Waals surface area contributed by atoms with Gasteiger partial charge in [-0.2, -0.15) is 0 Å². The van der Waals surface area contributed by atoms with Crippen LogP contribution in [0.5, 0.6) is 5.75 Å². The summed E-state index contributed by atoms with van der Waals surface area (Å²) in [5.74, 6) is 0.749. The van der Waals surface area contributed by atoms with Crippen LogP contribution < -0.4 is 10.1 Å². The van der Waals surface area contributed by atoms with Crippen LogP contribution in [0.2, 0.25) is 0 Å². The number of ether oxygens (including phenoxy) is 1. The summed E-state index contributed by atoms with van der Waals surface area (Å²) < 4.78 is 5.07. The van der Waals surface area contributed by atoms with Gasteiger partial charge in [-0.1, -0.05) is 32.9 Å². The zero-order chi connectivity index (χ0) is 15.2. The van der Waals surface area contributed by atoms with Gasteiger partial charge in [0.15, 0.2) is 0 Å². The standard InChI is InChI=1S/C16H25NO3/c1-16(2,3)14(18)9-10-17-15(19)11-12-5-7-13(20-4)8-6-12/h5-8,14,18H,9-11H2,1-4H3,(H,17,19)/t14-/m1/s1. The van der Waals surface area contributed by atoms with Gasteiger partial charge in [0, 0.05) is 6.54 Å². The lowest BCUT2D eigenvalue weighted by atomic mass is 9.87. The average Bonchev–Trinajstić information content (AvgIpc) is 2.38. The van der Waals surface area contributed by atoms with E-state index in [1.807, 2.05) is 45.0 Å². The predicted molar refractivity (Wildman–Crippen MR) is 79.8 cm³/mol. The van der Waals surface area contributed by atoms with E-state index >= 15 is 0 Å². The summed E-state index contributed by atoms with van der Waals surface area (Å²) in [6.45, 7) is 6.44. The Morgan fingerprint density at radius 1 is 1.30 bits per heavy atom. The van der Waals surface area contributed by atoms with E-state index in [0.717, 1.165) is 11.3 Å². The van der Waals surface area contributed by atoms with Crippen LogP contribution in [0.15, 0.2) is 24.3 Å². The van der Waals surface area contributed by atoms with E-state index in [2.05, 4.69) is 5.32 Å². The Hall–Kier alpha value is -1.55. The van der Waals surface area contributed by atoms with Crippen molar-refractivity contribution in [2.45, 2.75) is 39.7 Å². The van der Waals surface area contributed by atoms with Gasteiger partial charge in [-0.25, -0.2) is 0 Å². The topological polar surface area (TPSA) is 58.6 Å². The van der Waals surface area contributed by atoms with E-state index in [1.54, 1.807) is 7.11 Å². The van der Waals surface area contributed by atoms with Crippen LogP contribution >= 0.6 is 0 Å². The van der Waals surface area contributed by atoms with Crippen LogP contribution in [0.4, 0.5) is 0 Å². The maximum atomic E-state index is 11.8. The highest BCUT2D eigenvalue weighted by Crippen LogP contribution is 2.20. The molecule has 1 rings (SSSR count). The number of nitrogens with one attached hydrogen (secondary N) is 1. The van der Waals surface area contributed by atoms with Crippen molar-refractivity contribution in [2.75, 3.05) is 13.7 Å². The van der Waals surface area contributed by atoms with Crippen molar-refractivity contribution in [1.29, 1.82) is 0 Å². The zero-order valence-corrected chi connectivity index (χ0v) is 12.8. The molecule has 0 aromatic heterocycles. The molecule has 0 fully saturated rings. The average molecular weight is 279 g/mol. The Morgan fingerprint density at radius 3 is 2.40 bits per heavy atom. The number of hydrogen-bond acceptors (Lipinski definition) is 3. The number of rotatable bonds is 6. The highest BCUT2D eigenvalue weighted by atomic mass is 16.5. The monoisotopic (exact) mass is 279 g/mol. The molecule has 0 aliphatic carbocycles. The van der Waals surface area contributed by atoms with Gasteiger partial charge in [-0.05, 0) is 29.5 Å². The number of benzene rings is 1. The number of aliphatic hydroxyl groups excluding tert-OH is 1. The minimum Gasteiger partial charge on any atom is -0.497 e. The first kappa shape index (κ1) is 16.5. The quantitative estimate of drug-likeness (QED) is 0.839. The molecular formula is C16H25NO3. The fraction of sp³-hybridized carbons (Fsp3) is 0.562. The lowest BCUT2D eigenvalue weighted by molar-refractivity contribution is -0.120. The van der Waals surface area contributed by atoms with Gasteiger partial charge in [-0.3, -0.25) is 4.79 Å². The van der Waals surface area contributed by atoms with Crippen molar-refractivity contribution in [3.05, 3.63) is 29.8 Å². The predicted octanol–water partition coefficient (Wildman–Crippen LogP) is 2.15. The molecule has 4 heteroatoms. The summed E-state index contributed by atoms with van der Waals surface area (Å²) in [6, 6.07) is 7.43. The molecule has 112 valence electrons. The second-order valence-electron chi connectivity index (χ2n) is 6.05. The van der Waals surface area contributed by atoms with E-state index in [0.29, 0.717) is 19.4 Å². The Balaban J connectivity index is 2.33. The zero-order valence-electron chi connectivity index (χ0n) is 12.8. The van der Waals surface area contributed by atoms with Gasteiger partial charge < -0.3 is 15.2 Å². The summed E-state index contributed by atoms with van der Waals surface area (Å²) in [5, 5.41) is 12.7. The SMILES string of the molecule is COc1ccc(CC(=O)NCC[C@@H](O)C(C)(C)C)cc1. The number of amides is 1. The minimum absolute atomic E-state index is 0.0312. The molecule has 1 amide bonds. The summed E-state index contributed by atoms with van der Waals surface area (Å²) in [4.78, 5) is 11.8. The Kier molecular flexibility index (Phi) is 6.02. The first-order chi connectivity index (χ1) is 9.32. The third-order valence-corrected chi connectivity index (χ3v) is 3.26. The van der Waals surface area contributed by atoms with Crippen molar-refractivity contribution < 1.29 is 14.6 Å². The van der Waals surface area contributed by atoms with Crippen molar-refractivity contribution in [2.24, 2.45) is 5.41 Å². The van der Waals surface area contributed by atoms with E-state index < -0.39 is 6.10 Å². The Labute approximate surface area is 121 Å². The van der Waals surface area contributed by atoms with Crippen LogP contribution in [0, 0.1) is 5.41 Å². The molecule has 0 bridgehead atoms. The number of aliphatic hydroxyl groups is 1. The number of carbonyl (C=O) groups excluding carboxylic acids is 1. The lowest BCUT2D eigenvalue weighted by Crippen LogP contribution is -2.33. The molecule has 0 saturated heterocycles. The molecule has 0 aliphatic rings. The first-order valence-corrected chi connectivity index (χ1v) is 6.90. The molecule has 0 heterocycles. The van der Waals surface area contributed by atoms with Crippen LogP contribution in [-0.4, -0.2) is 30.8 Å². The molecular weight excluding hydrogens is 254 g/mol. The molecule has 0 aliphatic heterocycles. The molecule has 4 nitrogen and oxygen atoms in total. The fourth-order valence-corrected chi connectivity index (χ4v) is 1.77. The first-order valence-electron chi connectivity index (χ1n) is 6.90. The molecule has 2 N–H and O–H groups in total. The summed E-state index contributed by atoms with van der Waals surface area (Å²) in [7, 11) is 1.61. The van der Waals surface area contributed by atoms with Gasteiger partial charge >= 0.3 is 0 Å². The molecule has 1 aromatic carbocycles. The molecule has 0 radical (unpaired) electrons. The second kappa shape index (κ2) is 7.29. The van der Waals surface area contributed by atoms with Gasteiger partial charge in [0.25, 0.3) is 0 Å². The summed E-state index contributed by atoms with van der Waals surface area (Å²) in [5.41, 5.74) is 0.792. The second-order valence-corrected chi connectivity index (χ2v) is 6.05. The van der Waals surface area contributed by atoms with E-state index in [4.69, 9.17) is 4.74 Å². The van der Waals surface area contributed by atoms with Crippen molar-refractivity contribution in [1.82, 2.24) is 5.32 Å². The Bertz CT molecular complexity index is 420. The molecule has 1 aromatic rings. The number of carbonyl (C=O) groups is 1. The molecule has 0 saturated carbocycles. The van der Waals surface area contributed by atoms with Crippen molar-refractivity contribution in [3.8, 4) is 5.75 Å². The van der Waals surface area contributed by atoms with Gasteiger partial charge in [-0.15, -0.1) is 0 Å². The largest absolute Gasteiger partial charge is 0.497 e. The minimum atomic E-state index is -0.413. The van der Waals surface area contributed by atoms with Crippen LogP contribution in [0.3, 0.4) is 0 Å². The van der Waals surface area contributed by atoms with E-state index in [9.17, 15) is 9.90 Å². The third kappa shape index (κ3) is 5.61. The summed E-state index contributed by atoms with van der Waals surface area (Å²) >= 11 is 0. The van der Waals surface area contributed by atoms with Gasteiger partial charge in [0.05, 0.1) is 19.6 Å². The maximum absolute atomic E-state index is 11.8. The highest BCUT2D eigenvalue weighted by Gasteiger charge is 2.21. The van der Waals surface area contributed by atoms with Crippen molar-refractivity contribution in [3.63, 3.8) is 0 Å². The number of hydrogen-bond donors (Lipinski definition) is 2. The van der Waals surface area contributed by atoms with Crippen LogP contribution in [-0.2, 0) is 11.2 Å². The van der Waals surface area contributed by atoms with E-state index in [1.165, 1.54) is 0 Å². The fourth-order valence-electron chi connectivity index (χ4n) is 1.77. The molecule has 0 spiro atoms. The van der Waals surface area contributed by atoms with Gasteiger partial charge in [0.1, 0.15) is 5.75 Å². The molecule has 20 heavy (non-hydrogen) atoms. The van der Waals surface area contributed by atoms with Crippen LogP contribution in [0.1, 0.15) is 32.8 Å². The Morgan fingerprint density at radius 2 is 1.90 bits per heavy atom. The molecule has 1 atom stereocenters. The highest BCUT2D eigenvalue weighted by molar-refractivity contribution is 5.78. The summed E-state index contributed by atoms with van der Waals surface area (Å²) in [6.07, 6.45) is 0.497.